The number of halogens is 1. The Morgan fingerprint density at radius 1 is 1.60 bits per heavy atom. The van der Waals surface area contributed by atoms with Crippen molar-refractivity contribution in [3.8, 4) is 6.07 Å². The summed E-state index contributed by atoms with van der Waals surface area (Å²) in [6, 6.07) is 8.25. The zero-order valence-corrected chi connectivity index (χ0v) is 11.2. The molecule has 1 aromatic carbocycles. The molecule has 80 valence electrons. The molecule has 0 aliphatic rings. The van der Waals surface area contributed by atoms with E-state index in [1.54, 1.807) is 11.8 Å². The summed E-state index contributed by atoms with van der Waals surface area (Å²) in [7, 11) is 0. The number of nitriles is 1. The summed E-state index contributed by atoms with van der Waals surface area (Å²) in [6.07, 6.45) is 2.07. The van der Waals surface area contributed by atoms with Crippen LogP contribution >= 0.6 is 27.7 Å². The van der Waals surface area contributed by atoms with Crippen LogP contribution in [0.3, 0.4) is 0 Å². The number of nitrogens with one attached hydrogen (secondary N) is 1. The molecule has 0 heterocycles. The first kappa shape index (κ1) is 12.4. The molecule has 1 unspecified atom stereocenters. The number of benzene rings is 1. The summed E-state index contributed by atoms with van der Waals surface area (Å²) in [4.78, 5) is 0. The third-order valence-corrected chi connectivity index (χ3v) is 3.25. The number of hydrogen-bond acceptors (Lipinski definition) is 3. The molecule has 0 spiro atoms. The van der Waals surface area contributed by atoms with Crippen LogP contribution < -0.4 is 5.32 Å². The van der Waals surface area contributed by atoms with E-state index in [1.165, 1.54) is 0 Å². The molecule has 1 N–H and O–H groups in total. The molecule has 1 rings (SSSR count). The molecule has 15 heavy (non-hydrogen) atoms. The standard InChI is InChI=1S/C11H13BrN2S/c1-8(7-15-2)14-11-4-3-10(12)5-9(11)6-13/h3-5,8,14H,7H2,1-2H3. The molecular formula is C11H13BrN2S. The lowest BCUT2D eigenvalue weighted by Crippen LogP contribution is -2.18. The zero-order valence-electron chi connectivity index (χ0n) is 8.75. The number of thioether (sulfide) groups is 1. The van der Waals surface area contributed by atoms with Gasteiger partial charge in [0, 0.05) is 16.3 Å². The molecule has 0 aliphatic heterocycles. The van der Waals surface area contributed by atoms with Crippen LogP contribution in [0.1, 0.15) is 12.5 Å². The Morgan fingerprint density at radius 3 is 2.93 bits per heavy atom. The van der Waals surface area contributed by atoms with Gasteiger partial charge in [0.2, 0.25) is 0 Å². The van der Waals surface area contributed by atoms with Gasteiger partial charge in [-0.05, 0) is 31.4 Å². The van der Waals surface area contributed by atoms with E-state index >= 15 is 0 Å². The fourth-order valence-electron chi connectivity index (χ4n) is 1.29. The second kappa shape index (κ2) is 6.04. The van der Waals surface area contributed by atoms with E-state index < -0.39 is 0 Å². The molecule has 1 atom stereocenters. The van der Waals surface area contributed by atoms with E-state index in [4.69, 9.17) is 5.26 Å². The zero-order chi connectivity index (χ0) is 11.3. The van der Waals surface area contributed by atoms with Crippen molar-refractivity contribution in [1.29, 1.82) is 5.26 Å². The highest BCUT2D eigenvalue weighted by Crippen LogP contribution is 2.21. The predicted octanol–water partition coefficient (Wildman–Crippen LogP) is 3.48. The lowest BCUT2D eigenvalue weighted by atomic mass is 10.2. The van der Waals surface area contributed by atoms with Gasteiger partial charge in [-0.3, -0.25) is 0 Å². The highest BCUT2D eigenvalue weighted by molar-refractivity contribution is 9.10. The van der Waals surface area contributed by atoms with Gasteiger partial charge in [-0.15, -0.1) is 0 Å². The van der Waals surface area contributed by atoms with Gasteiger partial charge in [0.25, 0.3) is 0 Å². The molecule has 0 aromatic heterocycles. The molecule has 2 nitrogen and oxygen atoms in total. The van der Waals surface area contributed by atoms with Crippen LogP contribution in [0.2, 0.25) is 0 Å². The number of anilines is 1. The van der Waals surface area contributed by atoms with Crippen LogP contribution in [0.5, 0.6) is 0 Å². The average molecular weight is 285 g/mol. The normalized spacial score (nSPS) is 11.9. The topological polar surface area (TPSA) is 35.8 Å². The van der Waals surface area contributed by atoms with Crippen LogP contribution in [0.15, 0.2) is 22.7 Å². The Morgan fingerprint density at radius 2 is 2.33 bits per heavy atom. The third-order valence-electron chi connectivity index (χ3n) is 1.92. The SMILES string of the molecule is CSCC(C)Nc1ccc(Br)cc1C#N. The Labute approximate surface area is 103 Å². The smallest absolute Gasteiger partial charge is 0.101 e. The first-order valence-corrected chi connectivity index (χ1v) is 6.81. The summed E-state index contributed by atoms with van der Waals surface area (Å²) in [5.41, 5.74) is 1.58. The van der Waals surface area contributed by atoms with Gasteiger partial charge in [-0.2, -0.15) is 17.0 Å². The highest BCUT2D eigenvalue weighted by atomic mass is 79.9. The van der Waals surface area contributed by atoms with Gasteiger partial charge in [-0.25, -0.2) is 0 Å². The van der Waals surface area contributed by atoms with Gasteiger partial charge in [0.1, 0.15) is 6.07 Å². The maximum Gasteiger partial charge on any atom is 0.101 e. The van der Waals surface area contributed by atoms with Crippen LogP contribution in [0.4, 0.5) is 5.69 Å². The fraction of sp³-hybridized carbons (Fsp3) is 0.364. The molecule has 0 radical (unpaired) electrons. The third kappa shape index (κ3) is 3.77. The van der Waals surface area contributed by atoms with Crippen molar-refractivity contribution in [3.05, 3.63) is 28.2 Å². The highest BCUT2D eigenvalue weighted by Gasteiger charge is 2.05. The van der Waals surface area contributed by atoms with Crippen molar-refractivity contribution in [2.75, 3.05) is 17.3 Å². The summed E-state index contributed by atoms with van der Waals surface area (Å²) in [6.45, 7) is 2.11. The van der Waals surface area contributed by atoms with Crippen molar-refractivity contribution in [3.63, 3.8) is 0 Å². The van der Waals surface area contributed by atoms with Gasteiger partial charge in [0.05, 0.1) is 11.3 Å². The van der Waals surface area contributed by atoms with E-state index in [0.29, 0.717) is 11.6 Å². The maximum absolute atomic E-state index is 8.97. The van der Waals surface area contributed by atoms with Gasteiger partial charge in [0.15, 0.2) is 0 Å². The van der Waals surface area contributed by atoms with Crippen LogP contribution in [-0.2, 0) is 0 Å². The Hall–Kier alpha value is -0.660. The van der Waals surface area contributed by atoms with Crippen LogP contribution in [0.25, 0.3) is 0 Å². The summed E-state index contributed by atoms with van der Waals surface area (Å²) >= 11 is 5.14. The van der Waals surface area contributed by atoms with Crippen molar-refractivity contribution in [2.45, 2.75) is 13.0 Å². The van der Waals surface area contributed by atoms with Crippen LogP contribution in [-0.4, -0.2) is 18.1 Å². The first-order valence-electron chi connectivity index (χ1n) is 4.62. The number of nitrogens with zero attached hydrogens (tertiary/aromatic N) is 1. The second-order valence-electron chi connectivity index (χ2n) is 3.30. The van der Waals surface area contributed by atoms with E-state index in [2.05, 4.69) is 40.5 Å². The van der Waals surface area contributed by atoms with E-state index in [-0.39, 0.29) is 0 Å². The van der Waals surface area contributed by atoms with Crippen molar-refractivity contribution >= 4 is 33.4 Å². The van der Waals surface area contributed by atoms with Gasteiger partial charge >= 0.3 is 0 Å². The summed E-state index contributed by atoms with van der Waals surface area (Å²) < 4.78 is 0.933. The maximum atomic E-state index is 8.97. The van der Waals surface area contributed by atoms with E-state index in [0.717, 1.165) is 15.9 Å². The molecule has 0 fully saturated rings. The van der Waals surface area contributed by atoms with Gasteiger partial charge < -0.3 is 5.32 Å². The molecular weight excluding hydrogens is 272 g/mol. The summed E-state index contributed by atoms with van der Waals surface area (Å²) in [5, 5.41) is 12.3. The van der Waals surface area contributed by atoms with E-state index in [9.17, 15) is 0 Å². The Bertz CT molecular complexity index is 373. The fourth-order valence-corrected chi connectivity index (χ4v) is 2.24. The minimum Gasteiger partial charge on any atom is -0.381 e. The number of hydrogen-bond donors (Lipinski definition) is 1. The summed E-state index contributed by atoms with van der Waals surface area (Å²) in [5.74, 6) is 1.03. The predicted molar refractivity (Wildman–Crippen MR) is 70.3 cm³/mol. The second-order valence-corrected chi connectivity index (χ2v) is 5.13. The largest absolute Gasteiger partial charge is 0.381 e. The minimum atomic E-state index is 0.369. The van der Waals surface area contributed by atoms with Crippen molar-refractivity contribution in [1.82, 2.24) is 0 Å². The monoisotopic (exact) mass is 284 g/mol. The molecule has 0 bridgehead atoms. The number of rotatable bonds is 4. The Kier molecular flexibility index (Phi) is 5.00. The quantitative estimate of drug-likeness (QED) is 0.920. The molecule has 0 amide bonds. The van der Waals surface area contributed by atoms with Crippen LogP contribution in [0, 0.1) is 11.3 Å². The molecule has 4 heteroatoms. The lowest BCUT2D eigenvalue weighted by Gasteiger charge is -2.15. The van der Waals surface area contributed by atoms with Gasteiger partial charge in [-0.1, -0.05) is 15.9 Å². The molecule has 1 aromatic rings. The Balaban J connectivity index is 2.81. The average Bonchev–Trinajstić information content (AvgIpc) is 2.21. The lowest BCUT2D eigenvalue weighted by molar-refractivity contribution is 0.913. The first-order chi connectivity index (χ1) is 7.17. The molecule has 0 saturated heterocycles. The van der Waals surface area contributed by atoms with Crippen molar-refractivity contribution in [2.24, 2.45) is 0 Å². The van der Waals surface area contributed by atoms with Crippen molar-refractivity contribution < 1.29 is 0 Å². The minimum absolute atomic E-state index is 0.369. The molecule has 0 aliphatic carbocycles. The molecule has 0 saturated carbocycles. The van der Waals surface area contributed by atoms with E-state index in [1.807, 2.05) is 18.2 Å².